The average molecular weight is 329 g/mol. The third-order valence-electron chi connectivity index (χ3n) is 3.28. The highest BCUT2D eigenvalue weighted by atomic mass is 16.6. The second-order valence-electron chi connectivity index (χ2n) is 4.72. The lowest BCUT2D eigenvalue weighted by atomic mass is 10.1. The lowest BCUT2D eigenvalue weighted by molar-refractivity contribution is -0.385. The first kappa shape index (κ1) is 16.9. The fourth-order valence-corrected chi connectivity index (χ4v) is 2.11. The lowest BCUT2D eigenvalue weighted by Crippen LogP contribution is -2.19. The predicted molar refractivity (Wildman–Crippen MR) is 87.4 cm³/mol. The van der Waals surface area contributed by atoms with E-state index in [0.717, 1.165) is 0 Å². The van der Waals surface area contributed by atoms with Gasteiger partial charge in [0.05, 0.1) is 17.7 Å². The first-order chi connectivity index (χ1) is 11.5. The molecule has 0 fully saturated rings. The Hall–Kier alpha value is -3.42. The molecule has 2 amide bonds. The van der Waals surface area contributed by atoms with Crippen molar-refractivity contribution in [2.45, 2.75) is 0 Å². The maximum atomic E-state index is 12.4. The predicted octanol–water partition coefficient (Wildman–Crippen LogP) is 2.22. The van der Waals surface area contributed by atoms with Crippen molar-refractivity contribution in [2.75, 3.05) is 19.5 Å². The van der Waals surface area contributed by atoms with Gasteiger partial charge in [-0.1, -0.05) is 12.1 Å². The van der Waals surface area contributed by atoms with Gasteiger partial charge in [0.1, 0.15) is 11.3 Å². The van der Waals surface area contributed by atoms with Crippen molar-refractivity contribution in [3.05, 3.63) is 63.7 Å². The van der Waals surface area contributed by atoms with Gasteiger partial charge in [-0.25, -0.2) is 0 Å². The summed E-state index contributed by atoms with van der Waals surface area (Å²) >= 11 is 0. The van der Waals surface area contributed by atoms with E-state index in [0.29, 0.717) is 11.3 Å². The normalized spacial score (nSPS) is 9.92. The minimum atomic E-state index is -0.672. The molecule has 0 aliphatic carbocycles. The monoisotopic (exact) mass is 329 g/mol. The summed E-state index contributed by atoms with van der Waals surface area (Å²) in [5, 5.41) is 16.0. The van der Waals surface area contributed by atoms with Crippen LogP contribution in [-0.2, 0) is 0 Å². The van der Waals surface area contributed by atoms with E-state index in [2.05, 4.69) is 10.6 Å². The van der Waals surface area contributed by atoms with E-state index < -0.39 is 10.8 Å². The number of carbonyl (C=O) groups is 2. The summed E-state index contributed by atoms with van der Waals surface area (Å²) < 4.78 is 5.15. The summed E-state index contributed by atoms with van der Waals surface area (Å²) in [4.78, 5) is 34.5. The minimum Gasteiger partial charge on any atom is -0.495 e. The molecule has 0 heterocycles. The maximum absolute atomic E-state index is 12.4. The van der Waals surface area contributed by atoms with Crippen LogP contribution < -0.4 is 15.4 Å². The van der Waals surface area contributed by atoms with E-state index in [1.807, 2.05) is 0 Å². The quantitative estimate of drug-likeness (QED) is 0.645. The van der Waals surface area contributed by atoms with Gasteiger partial charge >= 0.3 is 0 Å². The Labute approximate surface area is 137 Å². The molecule has 0 spiro atoms. The number of nitrogens with one attached hydrogen (secondary N) is 2. The van der Waals surface area contributed by atoms with Gasteiger partial charge in [-0.05, 0) is 24.3 Å². The number of methoxy groups -OCH3 is 1. The Balaban J connectivity index is 2.38. The highest BCUT2D eigenvalue weighted by Crippen LogP contribution is 2.27. The van der Waals surface area contributed by atoms with Gasteiger partial charge in [-0.15, -0.1) is 0 Å². The molecule has 2 N–H and O–H groups in total. The number of benzene rings is 2. The van der Waals surface area contributed by atoms with Crippen molar-refractivity contribution in [3.8, 4) is 5.75 Å². The van der Waals surface area contributed by atoms with Crippen LogP contribution in [0.15, 0.2) is 42.5 Å². The van der Waals surface area contributed by atoms with Gasteiger partial charge < -0.3 is 15.4 Å². The highest BCUT2D eigenvalue weighted by Gasteiger charge is 2.20. The van der Waals surface area contributed by atoms with E-state index >= 15 is 0 Å². The van der Waals surface area contributed by atoms with Crippen LogP contribution in [0, 0.1) is 10.1 Å². The summed E-state index contributed by atoms with van der Waals surface area (Å²) in [6.07, 6.45) is 0. The second kappa shape index (κ2) is 7.23. The zero-order chi connectivity index (χ0) is 17.7. The van der Waals surface area contributed by atoms with Gasteiger partial charge in [-0.2, -0.15) is 0 Å². The molecular weight excluding hydrogens is 314 g/mol. The van der Waals surface area contributed by atoms with E-state index in [4.69, 9.17) is 4.74 Å². The number of ether oxygens (including phenoxy) is 1. The third-order valence-corrected chi connectivity index (χ3v) is 3.28. The Morgan fingerprint density at radius 3 is 2.46 bits per heavy atom. The van der Waals surface area contributed by atoms with Gasteiger partial charge in [-0.3, -0.25) is 19.7 Å². The molecular formula is C16H15N3O5. The zero-order valence-electron chi connectivity index (χ0n) is 13.0. The standard InChI is InChI=1S/C16H15N3O5/c1-17-15(20)10-7-8-14(24-2)12(9-10)18-16(21)11-5-3-4-6-13(11)19(22)23/h3-9H,1-2H3,(H,17,20)(H,18,21). The lowest BCUT2D eigenvalue weighted by Gasteiger charge is -2.12. The van der Waals surface area contributed by atoms with Gasteiger partial charge in [0.15, 0.2) is 0 Å². The highest BCUT2D eigenvalue weighted by molar-refractivity contribution is 6.08. The van der Waals surface area contributed by atoms with Crippen molar-refractivity contribution in [1.29, 1.82) is 0 Å². The minimum absolute atomic E-state index is 0.0881. The molecule has 0 aromatic heterocycles. The van der Waals surface area contributed by atoms with Crippen molar-refractivity contribution in [1.82, 2.24) is 5.32 Å². The molecule has 8 heteroatoms. The fourth-order valence-electron chi connectivity index (χ4n) is 2.11. The Kier molecular flexibility index (Phi) is 5.10. The molecule has 24 heavy (non-hydrogen) atoms. The second-order valence-corrected chi connectivity index (χ2v) is 4.72. The number of carbonyl (C=O) groups excluding carboxylic acids is 2. The van der Waals surface area contributed by atoms with Crippen LogP contribution >= 0.6 is 0 Å². The van der Waals surface area contributed by atoms with Gasteiger partial charge in [0.25, 0.3) is 17.5 Å². The van der Waals surface area contributed by atoms with Crippen LogP contribution in [0.3, 0.4) is 0 Å². The molecule has 0 unspecified atom stereocenters. The van der Waals surface area contributed by atoms with Gasteiger partial charge in [0, 0.05) is 18.7 Å². The van der Waals surface area contributed by atoms with Crippen LogP contribution in [0.5, 0.6) is 5.75 Å². The molecule has 0 aliphatic rings. The summed E-state index contributed by atoms with van der Waals surface area (Å²) in [6.45, 7) is 0. The topological polar surface area (TPSA) is 111 Å². The maximum Gasteiger partial charge on any atom is 0.282 e. The van der Waals surface area contributed by atoms with Crippen LogP contribution in [-0.4, -0.2) is 30.9 Å². The van der Waals surface area contributed by atoms with Crippen LogP contribution in [0.2, 0.25) is 0 Å². The third kappa shape index (κ3) is 3.49. The van der Waals surface area contributed by atoms with Crippen molar-refractivity contribution < 1.29 is 19.2 Å². The van der Waals surface area contributed by atoms with E-state index in [1.54, 1.807) is 0 Å². The molecule has 2 aromatic rings. The summed E-state index contributed by atoms with van der Waals surface area (Å²) in [6, 6.07) is 10.1. The number of amides is 2. The zero-order valence-corrected chi connectivity index (χ0v) is 13.0. The van der Waals surface area contributed by atoms with Crippen LogP contribution in [0.25, 0.3) is 0 Å². The molecule has 8 nitrogen and oxygen atoms in total. The molecule has 0 aliphatic heterocycles. The molecule has 2 rings (SSSR count). The Bertz CT molecular complexity index is 804. The number of hydrogen-bond donors (Lipinski definition) is 2. The fraction of sp³-hybridized carbons (Fsp3) is 0.125. The largest absolute Gasteiger partial charge is 0.495 e. The van der Waals surface area contributed by atoms with Crippen LogP contribution in [0.4, 0.5) is 11.4 Å². The number of rotatable bonds is 5. The summed E-state index contributed by atoms with van der Waals surface area (Å²) in [5.41, 5.74) is 0.157. The van der Waals surface area contributed by atoms with E-state index in [-0.39, 0.29) is 22.8 Å². The number of nitrogens with zero attached hydrogens (tertiary/aromatic N) is 1. The van der Waals surface area contributed by atoms with Crippen molar-refractivity contribution in [2.24, 2.45) is 0 Å². The van der Waals surface area contributed by atoms with Crippen molar-refractivity contribution in [3.63, 3.8) is 0 Å². The molecule has 0 bridgehead atoms. The van der Waals surface area contributed by atoms with Crippen LogP contribution in [0.1, 0.15) is 20.7 Å². The number of nitro groups is 1. The molecule has 2 aromatic carbocycles. The SMILES string of the molecule is CNC(=O)c1ccc(OC)c(NC(=O)c2ccccc2[N+](=O)[O-])c1. The first-order valence-corrected chi connectivity index (χ1v) is 6.92. The van der Waals surface area contributed by atoms with Gasteiger partial charge in [0.2, 0.25) is 0 Å². The van der Waals surface area contributed by atoms with E-state index in [9.17, 15) is 19.7 Å². The summed E-state index contributed by atoms with van der Waals surface area (Å²) in [5.74, 6) is -0.678. The number of anilines is 1. The first-order valence-electron chi connectivity index (χ1n) is 6.92. The molecule has 124 valence electrons. The Morgan fingerprint density at radius 2 is 1.83 bits per heavy atom. The summed E-state index contributed by atoms with van der Waals surface area (Å²) in [7, 11) is 2.90. The number of hydrogen-bond acceptors (Lipinski definition) is 5. The number of nitro benzene ring substituents is 1. The smallest absolute Gasteiger partial charge is 0.282 e. The molecule has 0 saturated heterocycles. The van der Waals surface area contributed by atoms with E-state index in [1.165, 1.54) is 56.6 Å². The number of para-hydroxylation sites is 1. The molecule has 0 atom stereocenters. The molecule has 0 saturated carbocycles. The Morgan fingerprint density at radius 1 is 1.12 bits per heavy atom. The molecule has 0 radical (unpaired) electrons. The van der Waals surface area contributed by atoms with Crippen molar-refractivity contribution >= 4 is 23.2 Å². The average Bonchev–Trinajstić information content (AvgIpc) is 2.60.